The van der Waals surface area contributed by atoms with E-state index < -0.39 is 0 Å². The van der Waals surface area contributed by atoms with Gasteiger partial charge in [-0.15, -0.1) is 0 Å². The smallest absolute Gasteiger partial charge is 0.253 e. The molecule has 1 aromatic carbocycles. The van der Waals surface area contributed by atoms with Crippen LogP contribution in [0.2, 0.25) is 0 Å². The topological polar surface area (TPSA) is 67.4 Å². The van der Waals surface area contributed by atoms with Crippen molar-refractivity contribution < 1.29 is 14.3 Å². The van der Waals surface area contributed by atoms with E-state index >= 15 is 0 Å². The third-order valence-electron chi connectivity index (χ3n) is 3.13. The molecular weight excluding hydrogens is 268 g/mol. The molecule has 2 amide bonds. The van der Waals surface area contributed by atoms with E-state index in [0.29, 0.717) is 17.9 Å². The van der Waals surface area contributed by atoms with Gasteiger partial charge in [0, 0.05) is 23.4 Å². The maximum atomic E-state index is 12.0. The van der Waals surface area contributed by atoms with Crippen LogP contribution in [0.15, 0.2) is 24.3 Å². The SMILES string of the molecule is CC(C)(C)NC(=O)c1ccc(NC(=O)[C@H]2CCCO2)cc1. The van der Waals surface area contributed by atoms with Crippen LogP contribution in [0.5, 0.6) is 0 Å². The summed E-state index contributed by atoms with van der Waals surface area (Å²) in [7, 11) is 0. The number of anilines is 1. The van der Waals surface area contributed by atoms with E-state index in [2.05, 4.69) is 10.6 Å². The molecule has 0 spiro atoms. The Morgan fingerprint density at radius 1 is 1.19 bits per heavy atom. The van der Waals surface area contributed by atoms with Crippen LogP contribution in [0, 0.1) is 0 Å². The van der Waals surface area contributed by atoms with Crippen LogP contribution in [0.25, 0.3) is 0 Å². The van der Waals surface area contributed by atoms with Crippen LogP contribution in [0.4, 0.5) is 5.69 Å². The van der Waals surface area contributed by atoms with Gasteiger partial charge < -0.3 is 15.4 Å². The number of hydrogen-bond acceptors (Lipinski definition) is 3. The summed E-state index contributed by atoms with van der Waals surface area (Å²) in [5.41, 5.74) is 0.965. The predicted molar refractivity (Wildman–Crippen MR) is 81.3 cm³/mol. The van der Waals surface area contributed by atoms with Gasteiger partial charge in [-0.05, 0) is 57.9 Å². The Morgan fingerprint density at radius 2 is 1.86 bits per heavy atom. The molecule has 0 saturated carbocycles. The van der Waals surface area contributed by atoms with Crippen molar-refractivity contribution >= 4 is 17.5 Å². The fourth-order valence-corrected chi connectivity index (χ4v) is 2.12. The van der Waals surface area contributed by atoms with E-state index in [1.807, 2.05) is 20.8 Å². The highest BCUT2D eigenvalue weighted by Gasteiger charge is 2.23. The molecular formula is C16H22N2O3. The van der Waals surface area contributed by atoms with Gasteiger partial charge in [0.2, 0.25) is 0 Å². The lowest BCUT2D eigenvalue weighted by molar-refractivity contribution is -0.124. The number of carbonyl (C=O) groups is 2. The molecule has 2 rings (SSSR count). The zero-order chi connectivity index (χ0) is 15.5. The molecule has 0 aliphatic carbocycles. The van der Waals surface area contributed by atoms with Crippen molar-refractivity contribution in [3.8, 4) is 0 Å². The van der Waals surface area contributed by atoms with Gasteiger partial charge in [-0.3, -0.25) is 9.59 Å². The monoisotopic (exact) mass is 290 g/mol. The van der Waals surface area contributed by atoms with E-state index in [9.17, 15) is 9.59 Å². The van der Waals surface area contributed by atoms with Gasteiger partial charge in [0.05, 0.1) is 0 Å². The second kappa shape index (κ2) is 6.26. The molecule has 114 valence electrons. The van der Waals surface area contributed by atoms with Gasteiger partial charge in [-0.2, -0.15) is 0 Å². The number of carbonyl (C=O) groups excluding carboxylic acids is 2. The normalized spacial score (nSPS) is 18.3. The van der Waals surface area contributed by atoms with E-state index in [0.717, 1.165) is 12.8 Å². The lowest BCUT2D eigenvalue weighted by Crippen LogP contribution is -2.40. The molecule has 21 heavy (non-hydrogen) atoms. The second-order valence-electron chi connectivity index (χ2n) is 6.27. The molecule has 0 aromatic heterocycles. The van der Waals surface area contributed by atoms with Gasteiger partial charge in [-0.25, -0.2) is 0 Å². The lowest BCUT2D eigenvalue weighted by atomic mass is 10.1. The van der Waals surface area contributed by atoms with Gasteiger partial charge in [0.1, 0.15) is 6.10 Å². The molecule has 5 nitrogen and oxygen atoms in total. The molecule has 0 unspecified atom stereocenters. The van der Waals surface area contributed by atoms with E-state index in [1.54, 1.807) is 24.3 Å². The van der Waals surface area contributed by atoms with Crippen LogP contribution in [0.1, 0.15) is 44.0 Å². The number of hydrogen-bond donors (Lipinski definition) is 2. The predicted octanol–water partition coefficient (Wildman–Crippen LogP) is 2.33. The fourth-order valence-electron chi connectivity index (χ4n) is 2.12. The molecule has 2 N–H and O–H groups in total. The van der Waals surface area contributed by atoms with Crippen molar-refractivity contribution in [1.29, 1.82) is 0 Å². The van der Waals surface area contributed by atoms with Crippen molar-refractivity contribution in [2.75, 3.05) is 11.9 Å². The Kier molecular flexibility index (Phi) is 4.63. The third-order valence-corrected chi connectivity index (χ3v) is 3.13. The minimum atomic E-state index is -0.353. The van der Waals surface area contributed by atoms with Crippen LogP contribution in [-0.2, 0) is 9.53 Å². The minimum absolute atomic E-state index is 0.125. The molecule has 1 fully saturated rings. The molecule has 1 atom stereocenters. The van der Waals surface area contributed by atoms with Gasteiger partial charge >= 0.3 is 0 Å². The van der Waals surface area contributed by atoms with Gasteiger partial charge in [0.25, 0.3) is 11.8 Å². The lowest BCUT2D eigenvalue weighted by Gasteiger charge is -2.20. The minimum Gasteiger partial charge on any atom is -0.368 e. The summed E-state index contributed by atoms with van der Waals surface area (Å²) in [6, 6.07) is 6.85. The summed E-state index contributed by atoms with van der Waals surface area (Å²) in [6.07, 6.45) is 1.33. The summed E-state index contributed by atoms with van der Waals surface area (Å²) in [4.78, 5) is 23.9. The molecule has 1 aliphatic heterocycles. The van der Waals surface area contributed by atoms with Gasteiger partial charge in [-0.1, -0.05) is 0 Å². The number of rotatable bonds is 3. The summed E-state index contributed by atoms with van der Waals surface area (Å²) in [5, 5.41) is 5.70. The van der Waals surface area contributed by atoms with Crippen LogP contribution in [-0.4, -0.2) is 30.1 Å². The highest BCUT2D eigenvalue weighted by Crippen LogP contribution is 2.16. The summed E-state index contributed by atoms with van der Waals surface area (Å²) in [6.45, 7) is 6.44. The van der Waals surface area contributed by atoms with E-state index in [1.165, 1.54) is 0 Å². The fraction of sp³-hybridized carbons (Fsp3) is 0.500. The zero-order valence-corrected chi connectivity index (χ0v) is 12.7. The highest BCUT2D eigenvalue weighted by molar-refractivity contribution is 5.97. The van der Waals surface area contributed by atoms with Crippen LogP contribution in [0.3, 0.4) is 0 Å². The molecule has 1 aliphatic rings. The third kappa shape index (κ3) is 4.56. The first-order chi connectivity index (χ1) is 9.85. The van der Waals surface area contributed by atoms with Crippen molar-refractivity contribution in [1.82, 2.24) is 5.32 Å². The van der Waals surface area contributed by atoms with Crippen molar-refractivity contribution in [3.05, 3.63) is 29.8 Å². The molecule has 0 radical (unpaired) electrons. The number of amides is 2. The average molecular weight is 290 g/mol. The maximum Gasteiger partial charge on any atom is 0.253 e. The Bertz CT molecular complexity index is 511. The first kappa shape index (κ1) is 15.5. The number of ether oxygens (including phenoxy) is 1. The average Bonchev–Trinajstić information content (AvgIpc) is 2.91. The Labute approximate surface area is 125 Å². The number of benzene rings is 1. The summed E-state index contributed by atoms with van der Waals surface area (Å²) in [5.74, 6) is -0.251. The van der Waals surface area contributed by atoms with Gasteiger partial charge in [0.15, 0.2) is 0 Å². The molecule has 5 heteroatoms. The molecule has 1 heterocycles. The van der Waals surface area contributed by atoms with Crippen molar-refractivity contribution in [3.63, 3.8) is 0 Å². The molecule has 0 bridgehead atoms. The van der Waals surface area contributed by atoms with E-state index in [4.69, 9.17) is 4.74 Å². The van der Waals surface area contributed by atoms with Crippen LogP contribution < -0.4 is 10.6 Å². The van der Waals surface area contributed by atoms with Crippen molar-refractivity contribution in [2.45, 2.75) is 45.3 Å². The maximum absolute atomic E-state index is 12.0. The summed E-state index contributed by atoms with van der Waals surface area (Å²) >= 11 is 0. The second-order valence-corrected chi connectivity index (χ2v) is 6.27. The van der Waals surface area contributed by atoms with E-state index in [-0.39, 0.29) is 23.5 Å². The summed E-state index contributed by atoms with van der Waals surface area (Å²) < 4.78 is 5.33. The first-order valence-electron chi connectivity index (χ1n) is 7.20. The standard InChI is InChI=1S/C16H22N2O3/c1-16(2,3)18-14(19)11-6-8-12(9-7-11)17-15(20)13-5-4-10-21-13/h6-9,13H,4-5,10H2,1-3H3,(H,17,20)(H,18,19)/t13-/m1/s1. The first-order valence-corrected chi connectivity index (χ1v) is 7.20. The van der Waals surface area contributed by atoms with Crippen molar-refractivity contribution in [2.24, 2.45) is 0 Å². The van der Waals surface area contributed by atoms with Crippen LogP contribution >= 0.6 is 0 Å². The number of nitrogens with one attached hydrogen (secondary N) is 2. The quantitative estimate of drug-likeness (QED) is 0.898. The Balaban J connectivity index is 1.95. The molecule has 1 saturated heterocycles. The Hall–Kier alpha value is -1.88. The zero-order valence-electron chi connectivity index (χ0n) is 12.7. The Morgan fingerprint density at radius 3 is 2.38 bits per heavy atom. The highest BCUT2D eigenvalue weighted by atomic mass is 16.5. The molecule has 1 aromatic rings. The largest absolute Gasteiger partial charge is 0.368 e.